The minimum Gasteiger partial charge on any atom is -0.313 e. The summed E-state index contributed by atoms with van der Waals surface area (Å²) in [5, 5.41) is 0.701. The number of hydrogen-bond acceptors (Lipinski definition) is 3. The molecule has 0 fully saturated rings. The van der Waals surface area contributed by atoms with Crippen LogP contribution in [-0.4, -0.2) is 9.97 Å². The molecule has 3 aromatic rings. The average molecular weight is 335 g/mol. The number of nitrogens with one attached hydrogen (secondary N) is 1. The quantitative estimate of drug-likeness (QED) is 0.770. The molecule has 0 saturated heterocycles. The SMILES string of the molecule is CCc1sc2nc[nH]c(=O)c2c1-c1ccc(Br)cc1. The van der Waals surface area contributed by atoms with Crippen molar-refractivity contribution >= 4 is 37.5 Å². The van der Waals surface area contributed by atoms with Gasteiger partial charge in [-0.1, -0.05) is 35.0 Å². The molecule has 2 aromatic heterocycles. The number of thiophene rings is 1. The normalized spacial score (nSPS) is 11.1. The second kappa shape index (κ2) is 4.90. The fourth-order valence-corrected chi connectivity index (χ4v) is 3.53. The molecule has 0 aliphatic heterocycles. The summed E-state index contributed by atoms with van der Waals surface area (Å²) >= 11 is 5.03. The second-order valence-corrected chi connectivity index (χ2v) is 6.17. The molecule has 0 aliphatic carbocycles. The summed E-state index contributed by atoms with van der Waals surface area (Å²) < 4.78 is 1.03. The molecule has 0 spiro atoms. The highest BCUT2D eigenvalue weighted by Crippen LogP contribution is 2.36. The Morgan fingerprint density at radius 3 is 2.74 bits per heavy atom. The van der Waals surface area contributed by atoms with Crippen molar-refractivity contribution in [2.45, 2.75) is 13.3 Å². The van der Waals surface area contributed by atoms with Gasteiger partial charge in [-0.05, 0) is 24.1 Å². The van der Waals surface area contributed by atoms with Crippen molar-refractivity contribution in [2.24, 2.45) is 0 Å². The summed E-state index contributed by atoms with van der Waals surface area (Å²) in [4.78, 5) is 21.0. The van der Waals surface area contributed by atoms with Crippen LogP contribution in [-0.2, 0) is 6.42 Å². The summed E-state index contributed by atoms with van der Waals surface area (Å²) in [5.74, 6) is 0. The standard InChI is InChI=1S/C14H11BrN2OS/c1-2-10-11(8-3-5-9(15)6-4-8)12-13(18)16-7-17-14(12)19-10/h3-7H,2H2,1H3,(H,16,17,18). The van der Waals surface area contributed by atoms with E-state index in [9.17, 15) is 4.79 Å². The number of rotatable bonds is 2. The molecule has 0 amide bonds. The van der Waals surface area contributed by atoms with Gasteiger partial charge in [-0.15, -0.1) is 11.3 Å². The predicted octanol–water partition coefficient (Wildman–Crippen LogP) is 3.98. The number of aromatic amines is 1. The summed E-state index contributed by atoms with van der Waals surface area (Å²) in [6.45, 7) is 2.10. The Bertz CT molecular complexity index is 789. The fourth-order valence-electron chi connectivity index (χ4n) is 2.16. The van der Waals surface area contributed by atoms with E-state index in [1.807, 2.05) is 24.3 Å². The van der Waals surface area contributed by atoms with E-state index in [1.165, 1.54) is 11.2 Å². The predicted molar refractivity (Wildman–Crippen MR) is 82.8 cm³/mol. The third-order valence-corrected chi connectivity index (χ3v) is 4.79. The van der Waals surface area contributed by atoms with E-state index < -0.39 is 0 Å². The lowest BCUT2D eigenvalue weighted by atomic mass is 10.0. The number of benzene rings is 1. The highest BCUT2D eigenvalue weighted by molar-refractivity contribution is 9.10. The third kappa shape index (κ3) is 2.13. The van der Waals surface area contributed by atoms with Crippen molar-refractivity contribution in [3.05, 3.63) is 50.3 Å². The molecule has 0 aliphatic rings. The minimum atomic E-state index is -0.0705. The number of halogens is 1. The van der Waals surface area contributed by atoms with E-state index in [-0.39, 0.29) is 5.56 Å². The first-order valence-electron chi connectivity index (χ1n) is 5.95. The molecule has 96 valence electrons. The first-order chi connectivity index (χ1) is 9.20. The van der Waals surface area contributed by atoms with Crippen LogP contribution in [0.25, 0.3) is 21.3 Å². The highest BCUT2D eigenvalue weighted by Gasteiger charge is 2.16. The molecule has 0 bridgehead atoms. The lowest BCUT2D eigenvalue weighted by molar-refractivity contribution is 1.17. The topological polar surface area (TPSA) is 45.8 Å². The lowest BCUT2D eigenvalue weighted by Gasteiger charge is -2.03. The zero-order valence-electron chi connectivity index (χ0n) is 10.2. The molecule has 1 N–H and O–H groups in total. The van der Waals surface area contributed by atoms with Gasteiger partial charge in [0.2, 0.25) is 0 Å². The Labute approximate surface area is 122 Å². The largest absolute Gasteiger partial charge is 0.313 e. The van der Waals surface area contributed by atoms with Crippen molar-refractivity contribution in [1.29, 1.82) is 0 Å². The van der Waals surface area contributed by atoms with Gasteiger partial charge in [0.15, 0.2) is 0 Å². The smallest absolute Gasteiger partial charge is 0.260 e. The Balaban J connectivity index is 2.38. The molecule has 5 heteroatoms. The zero-order chi connectivity index (χ0) is 13.4. The average Bonchev–Trinajstić information content (AvgIpc) is 2.80. The molecule has 0 unspecified atom stereocenters. The number of hydrogen-bond donors (Lipinski definition) is 1. The van der Waals surface area contributed by atoms with E-state index in [2.05, 4.69) is 32.8 Å². The molecule has 0 atom stereocenters. The maximum atomic E-state index is 12.1. The van der Waals surface area contributed by atoms with Gasteiger partial charge in [0, 0.05) is 14.9 Å². The summed E-state index contributed by atoms with van der Waals surface area (Å²) in [6, 6.07) is 8.03. The number of H-pyrrole nitrogens is 1. The minimum absolute atomic E-state index is 0.0705. The molecular weight excluding hydrogens is 324 g/mol. The first kappa shape index (κ1) is 12.6. The van der Waals surface area contributed by atoms with Gasteiger partial charge in [0.25, 0.3) is 5.56 Å². The van der Waals surface area contributed by atoms with Gasteiger partial charge in [0.05, 0.1) is 11.7 Å². The van der Waals surface area contributed by atoms with Crippen LogP contribution < -0.4 is 5.56 Å². The number of aromatic nitrogens is 2. The summed E-state index contributed by atoms with van der Waals surface area (Å²) in [5.41, 5.74) is 2.01. The van der Waals surface area contributed by atoms with E-state index >= 15 is 0 Å². The summed E-state index contributed by atoms with van der Waals surface area (Å²) in [7, 11) is 0. The summed E-state index contributed by atoms with van der Waals surface area (Å²) in [6.07, 6.45) is 2.36. The zero-order valence-corrected chi connectivity index (χ0v) is 12.6. The van der Waals surface area contributed by atoms with Crippen LogP contribution >= 0.6 is 27.3 Å². The van der Waals surface area contributed by atoms with Crippen LogP contribution in [0, 0.1) is 0 Å². The molecule has 3 nitrogen and oxygen atoms in total. The molecule has 3 rings (SSSR count). The van der Waals surface area contributed by atoms with E-state index in [4.69, 9.17) is 0 Å². The molecule has 19 heavy (non-hydrogen) atoms. The van der Waals surface area contributed by atoms with E-state index in [0.717, 1.165) is 26.9 Å². The maximum absolute atomic E-state index is 12.1. The molecule has 1 aromatic carbocycles. The Morgan fingerprint density at radius 1 is 1.32 bits per heavy atom. The fraction of sp³-hybridized carbons (Fsp3) is 0.143. The van der Waals surface area contributed by atoms with E-state index in [1.54, 1.807) is 11.3 Å². The Morgan fingerprint density at radius 2 is 2.05 bits per heavy atom. The van der Waals surface area contributed by atoms with Crippen molar-refractivity contribution in [3.63, 3.8) is 0 Å². The number of nitrogens with zero attached hydrogens (tertiary/aromatic N) is 1. The van der Waals surface area contributed by atoms with Crippen LogP contribution in [0.1, 0.15) is 11.8 Å². The van der Waals surface area contributed by atoms with Crippen molar-refractivity contribution in [3.8, 4) is 11.1 Å². The Kier molecular flexibility index (Phi) is 3.24. The molecular formula is C14H11BrN2OS. The van der Waals surface area contributed by atoms with E-state index in [0.29, 0.717) is 5.39 Å². The molecule has 0 saturated carbocycles. The van der Waals surface area contributed by atoms with Crippen molar-refractivity contribution < 1.29 is 0 Å². The number of aryl methyl sites for hydroxylation is 1. The van der Waals surface area contributed by atoms with Crippen LogP contribution in [0.15, 0.2) is 39.9 Å². The van der Waals surface area contributed by atoms with Gasteiger partial charge in [-0.25, -0.2) is 4.98 Å². The van der Waals surface area contributed by atoms with Crippen LogP contribution in [0.5, 0.6) is 0 Å². The van der Waals surface area contributed by atoms with Gasteiger partial charge >= 0.3 is 0 Å². The van der Waals surface area contributed by atoms with Gasteiger partial charge in [-0.3, -0.25) is 4.79 Å². The molecule has 2 heterocycles. The third-order valence-electron chi connectivity index (χ3n) is 3.02. The van der Waals surface area contributed by atoms with Crippen molar-refractivity contribution in [2.75, 3.05) is 0 Å². The number of fused-ring (bicyclic) bond motifs is 1. The lowest BCUT2D eigenvalue weighted by Crippen LogP contribution is -2.05. The molecule has 0 radical (unpaired) electrons. The van der Waals surface area contributed by atoms with Crippen LogP contribution in [0.3, 0.4) is 0 Å². The maximum Gasteiger partial charge on any atom is 0.260 e. The Hall–Kier alpha value is -1.46. The second-order valence-electron chi connectivity index (χ2n) is 4.17. The van der Waals surface area contributed by atoms with Gasteiger partial charge < -0.3 is 4.98 Å². The first-order valence-corrected chi connectivity index (χ1v) is 7.56. The van der Waals surface area contributed by atoms with Crippen molar-refractivity contribution in [1.82, 2.24) is 9.97 Å². The van der Waals surface area contributed by atoms with Gasteiger partial charge in [0.1, 0.15) is 4.83 Å². The van der Waals surface area contributed by atoms with Crippen LogP contribution in [0.2, 0.25) is 0 Å². The van der Waals surface area contributed by atoms with Gasteiger partial charge in [-0.2, -0.15) is 0 Å². The van der Waals surface area contributed by atoms with Crippen LogP contribution in [0.4, 0.5) is 0 Å². The highest BCUT2D eigenvalue weighted by atomic mass is 79.9. The monoisotopic (exact) mass is 334 g/mol.